The van der Waals surface area contributed by atoms with Crippen LogP contribution in [0.5, 0.6) is 0 Å². The highest BCUT2D eigenvalue weighted by Crippen LogP contribution is 2.44. The van der Waals surface area contributed by atoms with Crippen molar-refractivity contribution in [3.05, 3.63) is 88.0 Å². The van der Waals surface area contributed by atoms with Crippen LogP contribution in [-0.4, -0.2) is 60.5 Å². The summed E-state index contributed by atoms with van der Waals surface area (Å²) in [6.07, 6.45) is 5.28. The highest BCUT2D eigenvalue weighted by atomic mass is 19.1. The maximum Gasteiger partial charge on any atom is 0.261 e. The summed E-state index contributed by atoms with van der Waals surface area (Å²) in [6.45, 7) is 16.1. The van der Waals surface area contributed by atoms with Gasteiger partial charge in [-0.15, -0.1) is 0 Å². The summed E-state index contributed by atoms with van der Waals surface area (Å²) in [5, 5.41) is 0.295. The Kier molecular flexibility index (Phi) is 7.68. The van der Waals surface area contributed by atoms with Crippen molar-refractivity contribution in [1.29, 1.82) is 0 Å². The summed E-state index contributed by atoms with van der Waals surface area (Å²) in [5.74, 6) is -2.01. The maximum atomic E-state index is 17.7. The molecule has 0 spiro atoms. The van der Waals surface area contributed by atoms with E-state index in [-0.39, 0.29) is 46.5 Å². The van der Waals surface area contributed by atoms with Gasteiger partial charge >= 0.3 is 0 Å². The van der Waals surface area contributed by atoms with Gasteiger partial charge in [0.2, 0.25) is 5.91 Å². The van der Waals surface area contributed by atoms with Crippen LogP contribution in [0.2, 0.25) is 0 Å². The minimum Gasteiger partial charge on any atom is -0.364 e. The largest absolute Gasteiger partial charge is 0.364 e. The molecule has 0 saturated carbocycles. The lowest BCUT2D eigenvalue weighted by molar-refractivity contribution is -0.129. The van der Waals surface area contributed by atoms with Crippen LogP contribution in [0.4, 0.5) is 14.5 Å². The predicted molar refractivity (Wildman–Crippen MR) is 184 cm³/mol. The lowest BCUT2D eigenvalue weighted by Gasteiger charge is -2.49. The molecule has 9 nitrogen and oxygen atoms in total. The topological polar surface area (TPSA) is 100 Å². The zero-order chi connectivity index (χ0) is 34.2. The van der Waals surface area contributed by atoms with E-state index >= 15 is 13.6 Å². The van der Waals surface area contributed by atoms with E-state index in [1.165, 1.54) is 29.4 Å². The van der Waals surface area contributed by atoms with E-state index in [2.05, 4.69) is 31.4 Å². The van der Waals surface area contributed by atoms with Gasteiger partial charge in [-0.25, -0.2) is 23.7 Å². The monoisotopic (exact) mass is 651 g/mol. The first-order valence-electron chi connectivity index (χ1n) is 16.5. The molecule has 1 N–H and O–H groups in total. The first-order chi connectivity index (χ1) is 22.9. The highest BCUT2D eigenvalue weighted by Gasteiger charge is 2.40. The molecule has 7 rings (SSSR count). The number of imidazole rings is 1. The molecule has 11 heteroatoms. The Bertz CT molecular complexity index is 2180. The third-order valence-corrected chi connectivity index (χ3v) is 9.98. The number of benzene rings is 2. The lowest BCUT2D eigenvalue weighted by atomic mass is 9.89. The van der Waals surface area contributed by atoms with Crippen molar-refractivity contribution in [3.63, 3.8) is 0 Å². The van der Waals surface area contributed by atoms with Gasteiger partial charge < -0.3 is 14.8 Å². The number of anilines is 1. The van der Waals surface area contributed by atoms with Crippen LogP contribution >= 0.6 is 0 Å². The number of aryl methyl sites for hydroxylation is 1. The molecule has 1 saturated heterocycles. The fraction of sp³-hybridized carbons (Fsp3) is 0.378. The third-order valence-electron chi connectivity index (χ3n) is 9.98. The molecule has 2 atom stereocenters. The van der Waals surface area contributed by atoms with Crippen molar-refractivity contribution in [3.8, 4) is 16.8 Å². The van der Waals surface area contributed by atoms with Gasteiger partial charge in [-0.1, -0.05) is 40.3 Å². The molecule has 5 aromatic rings. The van der Waals surface area contributed by atoms with Crippen LogP contribution < -0.4 is 10.5 Å². The van der Waals surface area contributed by atoms with Crippen LogP contribution in [0.1, 0.15) is 75.4 Å². The molecule has 1 fully saturated rings. The van der Waals surface area contributed by atoms with Crippen molar-refractivity contribution in [2.75, 3.05) is 18.0 Å². The molecule has 2 unspecified atom stereocenters. The molecule has 0 bridgehead atoms. The second-order valence-corrected chi connectivity index (χ2v) is 13.7. The van der Waals surface area contributed by atoms with Crippen molar-refractivity contribution in [2.45, 2.75) is 78.3 Å². The number of aromatic amines is 1. The minimum atomic E-state index is -0.854. The zero-order valence-electron chi connectivity index (χ0n) is 28.1. The van der Waals surface area contributed by atoms with Gasteiger partial charge in [-0.2, -0.15) is 0 Å². The Labute approximate surface area is 277 Å². The van der Waals surface area contributed by atoms with Gasteiger partial charge in [0.05, 0.1) is 51.2 Å². The van der Waals surface area contributed by atoms with Crippen LogP contribution in [0, 0.1) is 18.6 Å². The minimum absolute atomic E-state index is 0.0291. The summed E-state index contributed by atoms with van der Waals surface area (Å²) in [4.78, 5) is 48.3. The van der Waals surface area contributed by atoms with Gasteiger partial charge in [0.1, 0.15) is 12.1 Å². The number of nitrogens with one attached hydrogen (secondary N) is 1. The van der Waals surface area contributed by atoms with E-state index in [0.717, 1.165) is 0 Å². The molecule has 2 aromatic carbocycles. The smallest absolute Gasteiger partial charge is 0.261 e. The van der Waals surface area contributed by atoms with Crippen LogP contribution in [0.15, 0.2) is 48.3 Å². The number of carbonyl (C=O) groups excluding carboxylic acids is 1. The van der Waals surface area contributed by atoms with E-state index in [1.807, 2.05) is 40.7 Å². The molecule has 3 aromatic heterocycles. The van der Waals surface area contributed by atoms with E-state index in [1.54, 1.807) is 17.9 Å². The Balaban J connectivity index is 1.63. The lowest BCUT2D eigenvalue weighted by Crippen LogP contribution is -2.60. The number of carbonyl (C=O) groups is 1. The molecule has 0 aliphatic carbocycles. The van der Waals surface area contributed by atoms with E-state index in [9.17, 15) is 4.79 Å². The van der Waals surface area contributed by atoms with Crippen LogP contribution in [0.3, 0.4) is 0 Å². The number of pyridine rings is 1. The molecule has 0 radical (unpaired) electrons. The van der Waals surface area contributed by atoms with Crippen molar-refractivity contribution >= 4 is 33.5 Å². The molecule has 48 heavy (non-hydrogen) atoms. The van der Waals surface area contributed by atoms with Gasteiger partial charge in [-0.3, -0.25) is 14.2 Å². The first kappa shape index (κ1) is 31.7. The van der Waals surface area contributed by atoms with E-state index < -0.39 is 11.6 Å². The number of halogens is 2. The molecular weight excluding hydrogens is 612 g/mol. The van der Waals surface area contributed by atoms with E-state index in [0.29, 0.717) is 81.8 Å². The number of H-pyrrole nitrogens is 1. The van der Waals surface area contributed by atoms with Gasteiger partial charge in [0, 0.05) is 41.7 Å². The maximum absolute atomic E-state index is 17.7. The Morgan fingerprint density at radius 3 is 2.42 bits per heavy atom. The number of aromatic nitrogens is 5. The third kappa shape index (κ3) is 4.65. The fourth-order valence-electron chi connectivity index (χ4n) is 7.70. The second kappa shape index (κ2) is 11.6. The van der Waals surface area contributed by atoms with Gasteiger partial charge in [0.15, 0.2) is 5.82 Å². The highest BCUT2D eigenvalue weighted by molar-refractivity contribution is 6.02. The average molecular weight is 652 g/mol. The standard InChI is InChI=1S/C37H39F2N7O2/c1-8-27(47)44-15-22-10-11-23-34(45(22)14-21(44)7)24-13-25(38)29(28-20(6)9-12-26-33(28)43-16-40-26)30(39)35(24)46(37(23)48)36-31(18(2)3)41-17-42-32(36)19(4)5/h8-9,12-13,16-19,21-22H,1,10-11,14-15H2,2-7H3,(H,40,43). The number of amides is 1. The number of hydrogen-bond acceptors (Lipinski definition) is 6. The summed E-state index contributed by atoms with van der Waals surface area (Å²) in [5.41, 5.74) is 4.03. The molecule has 2 aliphatic heterocycles. The summed E-state index contributed by atoms with van der Waals surface area (Å²) >= 11 is 0. The molecule has 2 aliphatic rings. The fourth-order valence-corrected chi connectivity index (χ4v) is 7.70. The number of piperazine rings is 1. The van der Waals surface area contributed by atoms with Gasteiger partial charge in [-0.05, 0) is 62.3 Å². The summed E-state index contributed by atoms with van der Waals surface area (Å²) in [6, 6.07) is 4.64. The average Bonchev–Trinajstić information content (AvgIpc) is 3.54. The second-order valence-electron chi connectivity index (χ2n) is 13.7. The Morgan fingerprint density at radius 1 is 1.04 bits per heavy atom. The molecule has 5 heterocycles. The van der Waals surface area contributed by atoms with Crippen molar-refractivity contribution in [2.24, 2.45) is 0 Å². The molecule has 1 amide bonds. The quantitative estimate of drug-likeness (QED) is 0.213. The predicted octanol–water partition coefficient (Wildman–Crippen LogP) is 6.70. The summed E-state index contributed by atoms with van der Waals surface area (Å²) in [7, 11) is 0. The van der Waals surface area contributed by atoms with Crippen molar-refractivity contribution < 1.29 is 13.6 Å². The van der Waals surface area contributed by atoms with Gasteiger partial charge in [0.25, 0.3) is 5.56 Å². The zero-order valence-corrected chi connectivity index (χ0v) is 28.1. The molecular formula is C37H39F2N7O2. The number of rotatable bonds is 5. The van der Waals surface area contributed by atoms with Crippen molar-refractivity contribution in [1.82, 2.24) is 29.4 Å². The summed E-state index contributed by atoms with van der Waals surface area (Å²) < 4.78 is 35.9. The van der Waals surface area contributed by atoms with Crippen LogP contribution in [-0.2, 0) is 11.2 Å². The normalized spacial score (nSPS) is 17.8. The van der Waals surface area contributed by atoms with Crippen LogP contribution in [0.25, 0.3) is 38.8 Å². The SMILES string of the molecule is C=CC(=O)N1CC2CCc3c(c4cc(F)c(-c5c(C)ccc6[nH]cnc56)c(F)c4n(-c4c(C(C)C)ncnc4C(C)C)c3=O)N2CC1C. The number of fused-ring (bicyclic) bond motifs is 6. The number of hydrogen-bond donors (Lipinski definition) is 1. The van der Waals surface area contributed by atoms with E-state index in [4.69, 9.17) is 0 Å². The first-order valence-corrected chi connectivity index (χ1v) is 16.5. The Morgan fingerprint density at radius 2 is 1.75 bits per heavy atom. The Hall–Kier alpha value is -4.93. The molecule has 248 valence electrons. The number of nitrogens with zero attached hydrogens (tertiary/aromatic N) is 6.